The minimum atomic E-state index is -0.425. The number of nitrogens with zero attached hydrogens (tertiary/aromatic N) is 2. The molecule has 2 N–H and O–H groups in total. The van der Waals surface area contributed by atoms with Crippen molar-refractivity contribution in [2.45, 2.75) is 0 Å². The van der Waals surface area contributed by atoms with Gasteiger partial charge in [-0.05, 0) is 24.3 Å². The number of phenolic OH excluding ortho intramolecular Hbond substituents is 1. The van der Waals surface area contributed by atoms with Crippen LogP contribution in [-0.4, -0.2) is 15.0 Å². The number of hydrogen-bond acceptors (Lipinski definition) is 6. The van der Waals surface area contributed by atoms with E-state index in [1.807, 2.05) is 5.38 Å². The highest BCUT2D eigenvalue weighted by Gasteiger charge is 2.10. The summed E-state index contributed by atoms with van der Waals surface area (Å²) in [5.74, 6) is 0.196. The monoisotopic (exact) mass is 393 g/mol. The van der Waals surface area contributed by atoms with Crippen LogP contribution in [0.3, 0.4) is 0 Å². The number of benzene rings is 2. The normalized spacial score (nSPS) is 9.91. The third kappa shape index (κ3) is 4.05. The van der Waals surface area contributed by atoms with Crippen LogP contribution in [0.4, 0.5) is 16.5 Å². The molecule has 0 aliphatic carbocycles. The van der Waals surface area contributed by atoms with E-state index in [9.17, 15) is 15.2 Å². The number of halogens is 1. The molecule has 0 radical (unpaired) electrons. The lowest BCUT2D eigenvalue weighted by Gasteiger charge is -2.02. The minimum Gasteiger partial charge on any atom is -0.508 e. The van der Waals surface area contributed by atoms with Gasteiger partial charge in [-0.2, -0.15) is 0 Å². The predicted octanol–water partition coefficient (Wildman–Crippen LogP) is 4.75. The molecule has 6 nitrogen and oxygen atoms in total. The van der Waals surface area contributed by atoms with Gasteiger partial charge in [0, 0.05) is 28.8 Å². The van der Waals surface area contributed by atoms with Gasteiger partial charge >= 0.3 is 0 Å². The molecule has 2 aromatic carbocycles. The Morgan fingerprint density at radius 3 is 2.61 bits per heavy atom. The van der Waals surface area contributed by atoms with E-state index < -0.39 is 4.92 Å². The molecule has 118 valence electrons. The number of nitro benzene ring substituents is 1. The molecule has 0 amide bonds. The Bertz CT molecular complexity index is 821. The SMILES string of the molecule is Br.O=[N+]([O-])c1cccc(-c2csc(Nc3ccc(O)cc3)n2)c1. The van der Waals surface area contributed by atoms with Crippen LogP contribution in [0.15, 0.2) is 53.9 Å². The van der Waals surface area contributed by atoms with E-state index >= 15 is 0 Å². The second kappa shape index (κ2) is 7.21. The number of anilines is 2. The zero-order valence-corrected chi connectivity index (χ0v) is 14.2. The Morgan fingerprint density at radius 1 is 1.17 bits per heavy atom. The van der Waals surface area contributed by atoms with E-state index in [-0.39, 0.29) is 28.4 Å². The summed E-state index contributed by atoms with van der Waals surface area (Å²) in [6.07, 6.45) is 0. The molecule has 0 saturated heterocycles. The van der Waals surface area contributed by atoms with Crippen molar-refractivity contribution in [2.75, 3.05) is 5.32 Å². The molecule has 0 bridgehead atoms. The van der Waals surface area contributed by atoms with Crippen LogP contribution in [0.5, 0.6) is 5.75 Å². The van der Waals surface area contributed by atoms with Gasteiger partial charge in [-0.1, -0.05) is 12.1 Å². The molecular formula is C15H12BrN3O3S. The quantitative estimate of drug-likeness (QED) is 0.379. The molecule has 8 heteroatoms. The highest BCUT2D eigenvalue weighted by atomic mass is 79.9. The van der Waals surface area contributed by atoms with Crippen molar-refractivity contribution in [3.63, 3.8) is 0 Å². The predicted molar refractivity (Wildman–Crippen MR) is 95.9 cm³/mol. The van der Waals surface area contributed by atoms with E-state index in [2.05, 4.69) is 10.3 Å². The van der Waals surface area contributed by atoms with Gasteiger partial charge in [0.25, 0.3) is 5.69 Å². The van der Waals surface area contributed by atoms with Gasteiger partial charge in [-0.3, -0.25) is 10.1 Å². The number of hydrogen-bond donors (Lipinski definition) is 2. The number of nitrogens with one attached hydrogen (secondary N) is 1. The van der Waals surface area contributed by atoms with Crippen molar-refractivity contribution in [1.82, 2.24) is 4.98 Å². The van der Waals surface area contributed by atoms with Crippen molar-refractivity contribution in [3.8, 4) is 17.0 Å². The Hall–Kier alpha value is -2.45. The minimum absolute atomic E-state index is 0. The molecule has 1 aromatic heterocycles. The molecule has 0 atom stereocenters. The van der Waals surface area contributed by atoms with Gasteiger partial charge in [0.15, 0.2) is 5.13 Å². The molecule has 23 heavy (non-hydrogen) atoms. The van der Waals surface area contributed by atoms with Crippen molar-refractivity contribution in [1.29, 1.82) is 0 Å². The summed E-state index contributed by atoms with van der Waals surface area (Å²) < 4.78 is 0. The fraction of sp³-hybridized carbons (Fsp3) is 0. The number of phenols is 1. The number of nitro groups is 1. The smallest absolute Gasteiger partial charge is 0.270 e. The number of non-ortho nitro benzene ring substituents is 1. The first-order valence-corrected chi connectivity index (χ1v) is 7.26. The van der Waals surface area contributed by atoms with Crippen molar-refractivity contribution in [2.24, 2.45) is 0 Å². The van der Waals surface area contributed by atoms with Crippen LogP contribution < -0.4 is 5.32 Å². The van der Waals surface area contributed by atoms with Gasteiger partial charge < -0.3 is 10.4 Å². The molecule has 3 rings (SSSR count). The first kappa shape index (κ1) is 16.9. The lowest BCUT2D eigenvalue weighted by atomic mass is 10.1. The summed E-state index contributed by atoms with van der Waals surface area (Å²) in [5, 5.41) is 25.7. The topological polar surface area (TPSA) is 88.3 Å². The summed E-state index contributed by atoms with van der Waals surface area (Å²) in [6, 6.07) is 13.0. The van der Waals surface area contributed by atoms with Crippen molar-refractivity contribution < 1.29 is 10.0 Å². The van der Waals surface area contributed by atoms with Crippen molar-refractivity contribution >= 4 is 44.8 Å². The second-order valence-corrected chi connectivity index (χ2v) is 5.38. The Kier molecular flexibility index (Phi) is 5.30. The van der Waals surface area contributed by atoms with Crippen LogP contribution in [-0.2, 0) is 0 Å². The van der Waals surface area contributed by atoms with Gasteiger partial charge in [-0.25, -0.2) is 4.98 Å². The number of rotatable bonds is 4. The second-order valence-electron chi connectivity index (χ2n) is 4.52. The zero-order chi connectivity index (χ0) is 15.5. The molecule has 0 aliphatic heterocycles. The van der Waals surface area contributed by atoms with E-state index in [0.717, 1.165) is 5.69 Å². The average Bonchev–Trinajstić information content (AvgIpc) is 2.98. The highest BCUT2D eigenvalue weighted by Crippen LogP contribution is 2.29. The molecule has 0 spiro atoms. The first-order chi connectivity index (χ1) is 10.6. The maximum absolute atomic E-state index is 10.8. The number of thiazole rings is 1. The van der Waals surface area contributed by atoms with E-state index in [1.54, 1.807) is 36.4 Å². The standard InChI is InChI=1S/C15H11N3O3S.BrH/c19-13-6-4-11(5-7-13)16-15-17-14(9-22-15)10-2-1-3-12(8-10)18(20)21;/h1-9,19H,(H,16,17);1H. The third-order valence-corrected chi connectivity index (χ3v) is 3.73. The molecule has 0 saturated carbocycles. The lowest BCUT2D eigenvalue weighted by molar-refractivity contribution is -0.384. The van der Waals surface area contributed by atoms with Gasteiger partial charge in [0.05, 0.1) is 10.6 Å². The Morgan fingerprint density at radius 2 is 1.91 bits per heavy atom. The average molecular weight is 394 g/mol. The van der Waals surface area contributed by atoms with Gasteiger partial charge in [-0.15, -0.1) is 28.3 Å². The molecule has 0 fully saturated rings. The van der Waals surface area contributed by atoms with Crippen molar-refractivity contribution in [3.05, 3.63) is 64.0 Å². The molecule has 1 heterocycles. The molecule has 0 unspecified atom stereocenters. The fourth-order valence-electron chi connectivity index (χ4n) is 1.91. The summed E-state index contributed by atoms with van der Waals surface area (Å²) in [7, 11) is 0. The lowest BCUT2D eigenvalue weighted by Crippen LogP contribution is -1.90. The van der Waals surface area contributed by atoms with Crippen LogP contribution in [0.2, 0.25) is 0 Å². The molecule has 0 aliphatic rings. The summed E-state index contributed by atoms with van der Waals surface area (Å²) in [6.45, 7) is 0. The Labute approximate surface area is 146 Å². The van der Waals surface area contributed by atoms with Crippen LogP contribution in [0.1, 0.15) is 0 Å². The maximum atomic E-state index is 10.8. The largest absolute Gasteiger partial charge is 0.508 e. The third-order valence-electron chi connectivity index (χ3n) is 2.98. The first-order valence-electron chi connectivity index (χ1n) is 6.38. The van der Waals surface area contributed by atoms with Gasteiger partial charge in [0.2, 0.25) is 0 Å². The van der Waals surface area contributed by atoms with E-state index in [4.69, 9.17) is 0 Å². The maximum Gasteiger partial charge on any atom is 0.270 e. The van der Waals surface area contributed by atoms with Crippen LogP contribution in [0.25, 0.3) is 11.3 Å². The summed E-state index contributed by atoms with van der Waals surface area (Å²) in [5.41, 5.74) is 2.22. The number of aromatic hydroxyl groups is 1. The fourth-order valence-corrected chi connectivity index (χ4v) is 2.65. The van der Waals surface area contributed by atoms with Crippen LogP contribution in [0, 0.1) is 10.1 Å². The molecular weight excluding hydrogens is 382 g/mol. The zero-order valence-electron chi connectivity index (χ0n) is 11.7. The Balaban J connectivity index is 0.00000192. The highest BCUT2D eigenvalue weighted by molar-refractivity contribution is 8.93. The number of aromatic nitrogens is 1. The van der Waals surface area contributed by atoms with E-state index in [1.165, 1.54) is 23.5 Å². The van der Waals surface area contributed by atoms with Gasteiger partial charge in [0.1, 0.15) is 5.75 Å². The molecule has 3 aromatic rings. The summed E-state index contributed by atoms with van der Waals surface area (Å²) in [4.78, 5) is 14.8. The summed E-state index contributed by atoms with van der Waals surface area (Å²) >= 11 is 1.40. The van der Waals surface area contributed by atoms with E-state index in [0.29, 0.717) is 16.4 Å². The van der Waals surface area contributed by atoms with Crippen LogP contribution >= 0.6 is 28.3 Å².